The molecule has 0 bridgehead atoms. The second kappa shape index (κ2) is 11.2. The lowest BCUT2D eigenvalue weighted by molar-refractivity contribution is -0.117. The number of carbonyl (C=O) groups excluding carboxylic acids is 1. The summed E-state index contributed by atoms with van der Waals surface area (Å²) >= 11 is 0. The maximum atomic E-state index is 12.1. The molecule has 0 radical (unpaired) electrons. The topological polar surface area (TPSA) is 44.8 Å². The number of hydrogen-bond donors (Lipinski definition) is 1. The molecule has 1 saturated carbocycles. The molecule has 3 aliphatic rings. The third kappa shape index (κ3) is 6.24. The van der Waals surface area contributed by atoms with Gasteiger partial charge in [-0.15, -0.1) is 24.8 Å². The minimum absolute atomic E-state index is 0. The van der Waals surface area contributed by atoms with E-state index in [0.29, 0.717) is 12.6 Å². The van der Waals surface area contributed by atoms with Crippen molar-refractivity contribution in [3.05, 3.63) is 24.3 Å². The molecule has 2 aliphatic heterocycles. The number of nitrogens with zero attached hydrogens (tertiary/aromatic N) is 2. The van der Waals surface area contributed by atoms with Crippen LogP contribution in [0.15, 0.2) is 24.3 Å². The zero-order valence-electron chi connectivity index (χ0n) is 16.5. The lowest BCUT2D eigenvalue weighted by Gasteiger charge is -2.41. The Kier molecular flexibility index (Phi) is 9.35. The maximum absolute atomic E-state index is 12.1. The van der Waals surface area contributed by atoms with Crippen LogP contribution in [0.2, 0.25) is 0 Å². The van der Waals surface area contributed by atoms with E-state index in [2.05, 4.69) is 15.1 Å². The van der Waals surface area contributed by atoms with Gasteiger partial charge in [-0.3, -0.25) is 9.69 Å². The zero-order chi connectivity index (χ0) is 17.8. The van der Waals surface area contributed by atoms with E-state index in [-0.39, 0.29) is 30.7 Å². The van der Waals surface area contributed by atoms with E-state index in [4.69, 9.17) is 4.74 Å². The first-order valence-electron chi connectivity index (χ1n) is 10.3. The zero-order valence-corrected chi connectivity index (χ0v) is 18.1. The molecule has 4 rings (SSSR count). The molecule has 1 aromatic carbocycles. The number of halogens is 2. The predicted octanol–water partition coefficient (Wildman–Crippen LogP) is 3.96. The quantitative estimate of drug-likeness (QED) is 0.742. The average Bonchev–Trinajstić information content (AvgIpc) is 3.10. The molecule has 1 amide bonds. The minimum Gasteiger partial charge on any atom is -0.490 e. The summed E-state index contributed by atoms with van der Waals surface area (Å²) in [5.41, 5.74) is 0.848. The van der Waals surface area contributed by atoms with Crippen molar-refractivity contribution in [2.24, 2.45) is 0 Å². The SMILES string of the molecule is Cl.Cl.O=C(CN1CCCC1)Nc1ccc(OC2CCN(C3CCC3)CC2)cc1. The van der Waals surface area contributed by atoms with Gasteiger partial charge in [-0.05, 0) is 75.9 Å². The predicted molar refractivity (Wildman–Crippen MR) is 118 cm³/mol. The van der Waals surface area contributed by atoms with Crippen LogP contribution in [-0.4, -0.2) is 60.6 Å². The summed E-state index contributed by atoms with van der Waals surface area (Å²) in [4.78, 5) is 16.9. The second-order valence-corrected chi connectivity index (χ2v) is 7.99. The lowest BCUT2D eigenvalue weighted by atomic mass is 9.90. The van der Waals surface area contributed by atoms with Crippen LogP contribution in [0.4, 0.5) is 5.69 Å². The summed E-state index contributed by atoms with van der Waals surface area (Å²) in [6.07, 6.45) is 9.14. The van der Waals surface area contributed by atoms with Gasteiger partial charge < -0.3 is 15.0 Å². The molecule has 2 heterocycles. The van der Waals surface area contributed by atoms with Crippen LogP contribution in [-0.2, 0) is 4.79 Å². The smallest absolute Gasteiger partial charge is 0.238 e. The molecular formula is C21H33Cl2N3O2. The van der Waals surface area contributed by atoms with Crippen LogP contribution in [0.25, 0.3) is 0 Å². The van der Waals surface area contributed by atoms with Gasteiger partial charge in [0, 0.05) is 24.8 Å². The first-order valence-corrected chi connectivity index (χ1v) is 10.3. The van der Waals surface area contributed by atoms with Gasteiger partial charge in [-0.25, -0.2) is 0 Å². The summed E-state index contributed by atoms with van der Waals surface area (Å²) in [6, 6.07) is 8.69. The number of nitrogens with one attached hydrogen (secondary N) is 1. The van der Waals surface area contributed by atoms with Crippen LogP contribution in [0.1, 0.15) is 44.9 Å². The van der Waals surface area contributed by atoms with E-state index in [0.717, 1.165) is 43.4 Å². The molecule has 158 valence electrons. The van der Waals surface area contributed by atoms with Crippen molar-refractivity contribution in [1.82, 2.24) is 9.80 Å². The van der Waals surface area contributed by atoms with Crippen molar-refractivity contribution in [3.8, 4) is 5.75 Å². The fourth-order valence-corrected chi connectivity index (χ4v) is 4.26. The Bertz CT molecular complexity index is 596. The second-order valence-electron chi connectivity index (χ2n) is 7.99. The molecule has 7 heteroatoms. The van der Waals surface area contributed by atoms with Gasteiger partial charge in [0.25, 0.3) is 0 Å². The summed E-state index contributed by atoms with van der Waals surface area (Å²) in [6.45, 7) is 4.91. The van der Waals surface area contributed by atoms with Gasteiger partial charge in [0.2, 0.25) is 5.91 Å². The standard InChI is InChI=1S/C21H31N3O2.2ClH/c25-21(16-23-12-1-2-13-23)22-17-6-8-19(9-7-17)26-20-10-14-24(15-11-20)18-4-3-5-18;;/h6-9,18,20H,1-5,10-16H2,(H,22,25);2*1H. The number of hydrogen-bond acceptors (Lipinski definition) is 4. The molecule has 1 aliphatic carbocycles. The number of benzene rings is 1. The van der Waals surface area contributed by atoms with E-state index in [9.17, 15) is 4.79 Å². The van der Waals surface area contributed by atoms with Crippen LogP contribution in [0.5, 0.6) is 5.75 Å². The summed E-state index contributed by atoms with van der Waals surface area (Å²) in [5.74, 6) is 0.980. The van der Waals surface area contributed by atoms with E-state index in [1.807, 2.05) is 24.3 Å². The fraction of sp³-hybridized carbons (Fsp3) is 0.667. The molecule has 0 aromatic heterocycles. The molecule has 0 unspecified atom stereocenters. The Morgan fingerprint density at radius 2 is 1.57 bits per heavy atom. The van der Waals surface area contributed by atoms with Crippen molar-refractivity contribution in [3.63, 3.8) is 0 Å². The normalized spacial score (nSPS) is 21.3. The van der Waals surface area contributed by atoms with Gasteiger partial charge in [0.15, 0.2) is 0 Å². The largest absolute Gasteiger partial charge is 0.490 e. The molecule has 28 heavy (non-hydrogen) atoms. The van der Waals surface area contributed by atoms with Gasteiger partial charge in [0.05, 0.1) is 6.54 Å². The molecular weight excluding hydrogens is 397 g/mol. The van der Waals surface area contributed by atoms with Crippen molar-refractivity contribution in [1.29, 1.82) is 0 Å². The molecule has 0 atom stereocenters. The molecule has 1 aromatic rings. The highest BCUT2D eigenvalue weighted by molar-refractivity contribution is 5.92. The Morgan fingerprint density at radius 3 is 2.14 bits per heavy atom. The highest BCUT2D eigenvalue weighted by atomic mass is 35.5. The number of carbonyl (C=O) groups is 1. The van der Waals surface area contributed by atoms with E-state index >= 15 is 0 Å². The van der Waals surface area contributed by atoms with Crippen LogP contribution < -0.4 is 10.1 Å². The van der Waals surface area contributed by atoms with Crippen molar-refractivity contribution >= 4 is 36.4 Å². The Hall–Kier alpha value is -1.01. The summed E-state index contributed by atoms with van der Waals surface area (Å²) in [7, 11) is 0. The number of amides is 1. The summed E-state index contributed by atoms with van der Waals surface area (Å²) in [5, 5.41) is 2.99. The third-order valence-corrected chi connectivity index (χ3v) is 6.07. The Morgan fingerprint density at radius 1 is 0.929 bits per heavy atom. The molecule has 2 saturated heterocycles. The van der Waals surface area contributed by atoms with E-state index in [1.165, 1.54) is 45.2 Å². The Labute approximate surface area is 181 Å². The van der Waals surface area contributed by atoms with Crippen molar-refractivity contribution in [2.75, 3.05) is 38.0 Å². The van der Waals surface area contributed by atoms with Gasteiger partial charge >= 0.3 is 0 Å². The maximum Gasteiger partial charge on any atom is 0.238 e. The first-order chi connectivity index (χ1) is 12.8. The van der Waals surface area contributed by atoms with Gasteiger partial charge in [-0.2, -0.15) is 0 Å². The van der Waals surface area contributed by atoms with Crippen molar-refractivity contribution in [2.45, 2.75) is 57.1 Å². The molecule has 3 fully saturated rings. The highest BCUT2D eigenvalue weighted by Crippen LogP contribution is 2.28. The highest BCUT2D eigenvalue weighted by Gasteiger charge is 2.29. The van der Waals surface area contributed by atoms with Gasteiger partial charge in [-0.1, -0.05) is 6.42 Å². The number of anilines is 1. The molecule has 0 spiro atoms. The number of likely N-dealkylation sites (tertiary alicyclic amines) is 2. The number of piperidine rings is 1. The molecule has 1 N–H and O–H groups in total. The Balaban J connectivity index is 0.00000140. The monoisotopic (exact) mass is 429 g/mol. The first kappa shape index (κ1) is 23.3. The van der Waals surface area contributed by atoms with E-state index in [1.54, 1.807) is 0 Å². The lowest BCUT2D eigenvalue weighted by Crippen LogP contribution is -2.46. The average molecular weight is 430 g/mol. The van der Waals surface area contributed by atoms with Crippen LogP contribution in [0.3, 0.4) is 0 Å². The summed E-state index contributed by atoms with van der Waals surface area (Å²) < 4.78 is 6.16. The van der Waals surface area contributed by atoms with Crippen molar-refractivity contribution < 1.29 is 9.53 Å². The fourth-order valence-electron chi connectivity index (χ4n) is 4.26. The third-order valence-electron chi connectivity index (χ3n) is 6.07. The van der Waals surface area contributed by atoms with Crippen LogP contribution >= 0.6 is 24.8 Å². The molecule has 5 nitrogen and oxygen atoms in total. The van der Waals surface area contributed by atoms with E-state index < -0.39 is 0 Å². The number of ether oxygens (including phenoxy) is 1. The number of rotatable bonds is 6. The van der Waals surface area contributed by atoms with Gasteiger partial charge in [0.1, 0.15) is 11.9 Å². The van der Waals surface area contributed by atoms with Crippen LogP contribution in [0, 0.1) is 0 Å². The minimum atomic E-state index is 0.